The molecule has 5 aliphatic rings. The Balaban J connectivity index is 1.03. The van der Waals surface area contributed by atoms with Crippen LogP contribution < -0.4 is 47.7 Å². The lowest BCUT2D eigenvalue weighted by Crippen LogP contribution is -2.24. The van der Waals surface area contributed by atoms with Crippen molar-refractivity contribution in [2.75, 3.05) is 0 Å². The Labute approximate surface area is 511 Å². The standard InChI is InChI=1S/C72H60N2O8P2S2/c1-5-51-55-35-59-53(7-3)61-37-57-52(6-2)58-38-62-54(8-4)60-36-56(51)64-40-68(60)80-84(86,50-17-13-10-14-18-50)82-70(62)42-66(58)78-72(48-25-21-44(22-26-48)46-29-33-74-34-30-46)77-65(57)41-69(61)81-83(85,49-15-11-9-12-16-49)79-67(59)39-63(55)75-71(76-64)47-23-19-43(20-24-47)45-27-31-73-32-28-45/h9-42,51-54,71-72H,5-8H2,1-4H3. The van der Waals surface area contributed by atoms with Gasteiger partial charge in [-0.15, -0.1) is 0 Å². The highest BCUT2D eigenvalue weighted by molar-refractivity contribution is 8.14. The van der Waals surface area contributed by atoms with E-state index in [2.05, 4.69) is 135 Å². The van der Waals surface area contributed by atoms with Gasteiger partial charge < -0.3 is 37.0 Å². The van der Waals surface area contributed by atoms with Crippen molar-refractivity contribution < 1.29 is 37.0 Å². The third kappa shape index (κ3) is 9.44. The third-order valence-electron chi connectivity index (χ3n) is 17.6. The smallest absolute Gasteiger partial charge is 0.319 e. The molecule has 0 saturated carbocycles. The van der Waals surface area contributed by atoms with Gasteiger partial charge in [0.2, 0.25) is 0 Å². The Morgan fingerprint density at radius 2 is 0.570 bits per heavy atom. The van der Waals surface area contributed by atoms with Crippen LogP contribution in [0.5, 0.6) is 46.0 Å². The van der Waals surface area contributed by atoms with E-state index in [1.54, 1.807) is 24.8 Å². The molecule has 428 valence electrons. The van der Waals surface area contributed by atoms with E-state index < -0.39 is 25.6 Å². The molecule has 86 heavy (non-hydrogen) atoms. The average molecular weight is 1210 g/mol. The lowest BCUT2D eigenvalue weighted by Gasteiger charge is -2.38. The number of benzene rings is 8. The van der Waals surface area contributed by atoms with Crippen molar-refractivity contribution in [3.05, 3.63) is 262 Å². The van der Waals surface area contributed by atoms with Gasteiger partial charge in [-0.2, -0.15) is 0 Å². The minimum atomic E-state index is -3.45. The Morgan fingerprint density at radius 3 is 0.837 bits per heavy atom. The van der Waals surface area contributed by atoms with Gasteiger partial charge >= 0.3 is 13.0 Å². The maximum absolute atomic E-state index is 7.43. The fourth-order valence-electron chi connectivity index (χ4n) is 13.2. The van der Waals surface area contributed by atoms with Crippen LogP contribution in [0, 0.1) is 0 Å². The van der Waals surface area contributed by atoms with Crippen LogP contribution in [-0.4, -0.2) is 9.97 Å². The molecular formula is C72H60N2O8P2S2. The topological polar surface area (TPSA) is 99.6 Å². The van der Waals surface area contributed by atoms with Crippen molar-refractivity contribution in [3.63, 3.8) is 0 Å². The second-order valence-electron chi connectivity index (χ2n) is 22.4. The number of rotatable bonds is 10. The molecule has 0 saturated heterocycles. The second-order valence-corrected chi connectivity index (χ2v) is 29.1. The molecule has 2 aromatic heterocycles. The highest BCUT2D eigenvalue weighted by atomic mass is 32.5. The van der Waals surface area contributed by atoms with Gasteiger partial charge in [0.05, 0.1) is 10.6 Å². The molecule has 8 aromatic carbocycles. The summed E-state index contributed by atoms with van der Waals surface area (Å²) in [7, 11) is 0. The zero-order valence-electron chi connectivity index (χ0n) is 47.8. The number of nitrogens with zero attached hydrogens (tertiary/aromatic N) is 2. The van der Waals surface area contributed by atoms with Gasteiger partial charge in [-0.25, -0.2) is 0 Å². The van der Waals surface area contributed by atoms with Crippen LogP contribution in [0.1, 0.15) is 145 Å². The van der Waals surface area contributed by atoms with Crippen molar-refractivity contribution in [3.8, 4) is 68.2 Å². The molecule has 0 atom stereocenters. The summed E-state index contributed by atoms with van der Waals surface area (Å²) in [6.45, 7) is 2.01. The van der Waals surface area contributed by atoms with E-state index in [0.29, 0.717) is 71.7 Å². The largest absolute Gasteiger partial charge is 0.450 e. The van der Waals surface area contributed by atoms with Crippen LogP contribution >= 0.6 is 13.0 Å². The quantitative estimate of drug-likeness (QED) is 0.122. The molecule has 10 aromatic rings. The van der Waals surface area contributed by atoms with Crippen LogP contribution in [0.2, 0.25) is 0 Å². The van der Waals surface area contributed by atoms with E-state index in [1.165, 1.54) is 0 Å². The maximum Gasteiger partial charge on any atom is 0.319 e. The van der Waals surface area contributed by atoms with Crippen LogP contribution in [0.25, 0.3) is 22.3 Å². The third-order valence-corrected chi connectivity index (χ3v) is 23.3. The van der Waals surface area contributed by atoms with E-state index >= 15 is 0 Å². The van der Waals surface area contributed by atoms with Crippen LogP contribution in [0.4, 0.5) is 0 Å². The number of pyridine rings is 2. The minimum absolute atomic E-state index is 0.228. The van der Waals surface area contributed by atoms with Gasteiger partial charge in [-0.1, -0.05) is 113 Å². The van der Waals surface area contributed by atoms with Crippen LogP contribution in [-0.2, 0) is 23.6 Å². The summed E-state index contributed by atoms with van der Waals surface area (Å²) in [5, 5.41) is 1.52. The number of ether oxygens (including phenoxy) is 4. The Kier molecular flexibility index (Phi) is 13.9. The summed E-state index contributed by atoms with van der Waals surface area (Å²) in [6, 6.07) is 62.1. The van der Waals surface area contributed by atoms with Crippen LogP contribution in [0.15, 0.2) is 207 Å². The molecule has 8 bridgehead atoms. The summed E-state index contributed by atoms with van der Waals surface area (Å²) in [4.78, 5) is 8.53. The minimum Gasteiger partial charge on any atom is -0.450 e. The average Bonchev–Trinajstić information content (AvgIpc) is 0.842. The van der Waals surface area contributed by atoms with Gasteiger partial charge in [0.15, 0.2) is 0 Å². The van der Waals surface area contributed by atoms with Crippen molar-refractivity contribution in [2.24, 2.45) is 0 Å². The number of hydrogen-bond acceptors (Lipinski definition) is 12. The first kappa shape index (κ1) is 54.4. The summed E-state index contributed by atoms with van der Waals surface area (Å²) in [5.74, 6) is 3.97. The van der Waals surface area contributed by atoms with Gasteiger partial charge in [0.25, 0.3) is 12.6 Å². The summed E-state index contributed by atoms with van der Waals surface area (Å²) in [6.07, 6.45) is 8.16. The molecule has 0 radical (unpaired) electrons. The Morgan fingerprint density at radius 1 is 0.314 bits per heavy atom. The molecule has 1 aliphatic carbocycles. The highest BCUT2D eigenvalue weighted by Crippen LogP contribution is 2.62. The lowest BCUT2D eigenvalue weighted by atomic mass is 9.77. The SMILES string of the molecule is CCC1c2cc3c4cc2OC(c2ccc(-c5ccncc5)cc2)Oc2cc5c(cc21)C(CC)c1cc2c(cc1OP(=S)(c1ccccc1)O5)OC(c1ccc(-c5ccncc5)cc1)Oc1cc(c(cc1C2CC)C3CC)OP(=S)(c1ccccc1)O4. The molecule has 14 heteroatoms. The van der Waals surface area contributed by atoms with E-state index in [4.69, 9.17) is 60.7 Å². The first-order chi connectivity index (χ1) is 42.1. The lowest BCUT2D eigenvalue weighted by molar-refractivity contribution is -0.000611. The van der Waals surface area contributed by atoms with E-state index in [9.17, 15) is 0 Å². The summed E-state index contributed by atoms with van der Waals surface area (Å²) >= 11 is 13.7. The van der Waals surface area contributed by atoms with Gasteiger partial charge in [0, 0.05) is 128 Å². The Hall–Kier alpha value is -8.24. The number of hydrogen-bond donors (Lipinski definition) is 0. The molecule has 0 unspecified atom stereocenters. The molecule has 4 aliphatic heterocycles. The van der Waals surface area contributed by atoms with Crippen molar-refractivity contribution in [1.82, 2.24) is 9.97 Å². The first-order valence-electron chi connectivity index (χ1n) is 29.6. The van der Waals surface area contributed by atoms with Gasteiger partial charge in [-0.3, -0.25) is 9.97 Å². The molecular weight excluding hydrogens is 1150 g/mol. The maximum atomic E-state index is 7.43. The highest BCUT2D eigenvalue weighted by Gasteiger charge is 2.42. The fourth-order valence-corrected chi connectivity index (χ4v) is 18.2. The van der Waals surface area contributed by atoms with E-state index in [-0.39, 0.29) is 23.7 Å². The zero-order chi connectivity index (χ0) is 58.3. The molecule has 0 fully saturated rings. The van der Waals surface area contributed by atoms with Gasteiger partial charge in [0.1, 0.15) is 46.0 Å². The molecule has 0 amide bonds. The summed E-state index contributed by atoms with van der Waals surface area (Å²) in [5.41, 5.74) is 13.7. The molecule has 6 heterocycles. The fraction of sp³-hybridized carbons (Fsp3) is 0.194. The van der Waals surface area contributed by atoms with Gasteiger partial charge in [-0.05, 0) is 144 Å². The first-order valence-corrected chi connectivity index (χ1v) is 34.8. The van der Waals surface area contributed by atoms with Crippen molar-refractivity contribution in [1.29, 1.82) is 0 Å². The molecule has 0 spiro atoms. The van der Waals surface area contributed by atoms with Crippen LogP contribution in [0.3, 0.4) is 0 Å². The van der Waals surface area contributed by atoms with E-state index in [0.717, 1.165) is 88.5 Å². The molecule has 0 N–H and O–H groups in total. The van der Waals surface area contributed by atoms with Crippen molar-refractivity contribution in [2.45, 2.75) is 89.6 Å². The predicted octanol–water partition coefficient (Wildman–Crippen LogP) is 18.0. The summed E-state index contributed by atoms with van der Waals surface area (Å²) < 4.78 is 59.3. The zero-order valence-corrected chi connectivity index (χ0v) is 51.2. The predicted molar refractivity (Wildman–Crippen MR) is 345 cm³/mol. The number of aromatic nitrogens is 2. The normalized spacial score (nSPS) is 22.6. The molecule has 15 rings (SSSR count). The Bertz CT molecular complexity index is 3930. The molecule has 10 nitrogen and oxygen atoms in total. The van der Waals surface area contributed by atoms with E-state index in [1.807, 2.05) is 84.9 Å². The monoisotopic (exact) mass is 1210 g/mol. The second kappa shape index (κ2) is 21.9. The van der Waals surface area contributed by atoms with Crippen molar-refractivity contribution >= 4 is 47.2 Å².